The molecule has 0 saturated carbocycles. The number of hydrogen-bond acceptors (Lipinski definition) is 3. The van der Waals surface area contributed by atoms with Gasteiger partial charge in [0.25, 0.3) is 0 Å². The number of nitrogens with one attached hydrogen (secondary N) is 1. The predicted molar refractivity (Wildman–Crippen MR) is 52.1 cm³/mol. The van der Waals surface area contributed by atoms with Gasteiger partial charge in [0.15, 0.2) is 0 Å². The number of rotatable bonds is 2. The molecule has 0 aliphatic carbocycles. The first kappa shape index (κ1) is 8.90. The number of aromatic amines is 1. The zero-order chi connectivity index (χ0) is 10.1. The van der Waals surface area contributed by atoms with Crippen LogP contribution >= 0.6 is 0 Å². The first-order valence-corrected chi connectivity index (χ1v) is 4.35. The van der Waals surface area contributed by atoms with Crippen molar-refractivity contribution in [3.05, 3.63) is 30.0 Å². The minimum absolute atomic E-state index is 0.301. The molecule has 1 heterocycles. The number of aliphatic hydroxyl groups excluding tert-OH is 1. The number of carbonyl (C=O) groups is 1. The number of benzene rings is 1. The SMILES string of the molecule is CC(O)C(=O)c1n[nH]c2ccccc12. The largest absolute Gasteiger partial charge is 0.385 e. The van der Waals surface area contributed by atoms with E-state index in [1.54, 1.807) is 6.07 Å². The number of H-pyrrole nitrogens is 1. The zero-order valence-electron chi connectivity index (χ0n) is 7.69. The van der Waals surface area contributed by atoms with Crippen LogP contribution in [0.25, 0.3) is 10.9 Å². The Kier molecular flexibility index (Phi) is 2.05. The van der Waals surface area contributed by atoms with E-state index < -0.39 is 6.10 Å². The van der Waals surface area contributed by atoms with Gasteiger partial charge in [-0.25, -0.2) is 0 Å². The van der Waals surface area contributed by atoms with E-state index in [4.69, 9.17) is 5.11 Å². The van der Waals surface area contributed by atoms with Crippen molar-refractivity contribution in [2.75, 3.05) is 0 Å². The highest BCUT2D eigenvalue weighted by Gasteiger charge is 2.17. The van der Waals surface area contributed by atoms with Crippen molar-refractivity contribution >= 4 is 16.7 Å². The monoisotopic (exact) mass is 190 g/mol. The minimum atomic E-state index is -1.01. The lowest BCUT2D eigenvalue weighted by Gasteiger charge is -1.99. The van der Waals surface area contributed by atoms with E-state index in [1.807, 2.05) is 18.2 Å². The van der Waals surface area contributed by atoms with E-state index in [-0.39, 0.29) is 5.78 Å². The van der Waals surface area contributed by atoms with Crippen LogP contribution in [-0.2, 0) is 0 Å². The summed E-state index contributed by atoms with van der Waals surface area (Å²) < 4.78 is 0. The molecule has 1 aromatic carbocycles. The van der Waals surface area contributed by atoms with Crippen molar-refractivity contribution in [3.8, 4) is 0 Å². The lowest BCUT2D eigenvalue weighted by Crippen LogP contribution is -2.16. The van der Waals surface area contributed by atoms with Gasteiger partial charge in [-0.3, -0.25) is 9.89 Å². The maximum absolute atomic E-state index is 11.5. The lowest BCUT2D eigenvalue weighted by atomic mass is 10.1. The van der Waals surface area contributed by atoms with E-state index in [2.05, 4.69) is 10.2 Å². The first-order valence-electron chi connectivity index (χ1n) is 4.35. The fourth-order valence-electron chi connectivity index (χ4n) is 1.35. The molecule has 4 nitrogen and oxygen atoms in total. The number of Topliss-reactive ketones (excluding diaryl/α,β-unsaturated/α-hetero) is 1. The second-order valence-electron chi connectivity index (χ2n) is 3.16. The van der Waals surface area contributed by atoms with Gasteiger partial charge in [-0.05, 0) is 13.0 Å². The van der Waals surface area contributed by atoms with Crippen LogP contribution in [0.1, 0.15) is 17.4 Å². The summed E-state index contributed by atoms with van der Waals surface area (Å²) in [6.07, 6.45) is -1.01. The van der Waals surface area contributed by atoms with Gasteiger partial charge in [0, 0.05) is 5.39 Å². The molecule has 1 aromatic heterocycles. The molecule has 14 heavy (non-hydrogen) atoms. The Labute approximate surface area is 80.6 Å². The molecule has 2 N–H and O–H groups in total. The highest BCUT2D eigenvalue weighted by molar-refractivity contribution is 6.07. The smallest absolute Gasteiger partial charge is 0.211 e. The van der Waals surface area contributed by atoms with Crippen LogP contribution in [0, 0.1) is 0 Å². The molecule has 0 aliphatic rings. The van der Waals surface area contributed by atoms with Crippen LogP contribution in [0.15, 0.2) is 24.3 Å². The van der Waals surface area contributed by atoms with Crippen LogP contribution in [0.3, 0.4) is 0 Å². The predicted octanol–water partition coefficient (Wildman–Crippen LogP) is 1.13. The molecule has 2 aromatic rings. The number of aromatic nitrogens is 2. The maximum Gasteiger partial charge on any atom is 0.211 e. The standard InChI is InChI=1S/C10H10N2O2/c1-6(13)10(14)9-7-4-2-3-5-8(7)11-12-9/h2-6,13H,1H3,(H,11,12). The van der Waals surface area contributed by atoms with Gasteiger partial charge < -0.3 is 5.11 Å². The van der Waals surface area contributed by atoms with Crippen molar-refractivity contribution in [1.29, 1.82) is 0 Å². The minimum Gasteiger partial charge on any atom is -0.385 e. The number of para-hydroxylation sites is 1. The van der Waals surface area contributed by atoms with Crippen LogP contribution < -0.4 is 0 Å². The third kappa shape index (κ3) is 1.29. The van der Waals surface area contributed by atoms with Crippen LogP contribution in [0.4, 0.5) is 0 Å². The van der Waals surface area contributed by atoms with Crippen molar-refractivity contribution in [3.63, 3.8) is 0 Å². The number of fused-ring (bicyclic) bond motifs is 1. The molecule has 0 aliphatic heterocycles. The van der Waals surface area contributed by atoms with E-state index in [1.165, 1.54) is 6.92 Å². The number of ketones is 1. The fourth-order valence-corrected chi connectivity index (χ4v) is 1.35. The second-order valence-corrected chi connectivity index (χ2v) is 3.16. The van der Waals surface area contributed by atoms with Gasteiger partial charge in [-0.1, -0.05) is 18.2 Å². The second kappa shape index (κ2) is 3.23. The lowest BCUT2D eigenvalue weighted by molar-refractivity contribution is 0.0776. The van der Waals surface area contributed by atoms with Gasteiger partial charge in [0.1, 0.15) is 11.8 Å². The summed E-state index contributed by atoms with van der Waals surface area (Å²) in [5.41, 5.74) is 1.10. The Morgan fingerprint density at radius 3 is 2.93 bits per heavy atom. The van der Waals surface area contributed by atoms with Gasteiger partial charge in [0.05, 0.1) is 5.52 Å². The van der Waals surface area contributed by atoms with E-state index in [0.29, 0.717) is 5.69 Å². The van der Waals surface area contributed by atoms with Crippen molar-refractivity contribution < 1.29 is 9.90 Å². The normalized spacial score (nSPS) is 13.0. The summed E-state index contributed by atoms with van der Waals surface area (Å²) in [7, 11) is 0. The molecule has 0 bridgehead atoms. The number of aliphatic hydroxyl groups is 1. The molecule has 0 radical (unpaired) electrons. The maximum atomic E-state index is 11.5. The van der Waals surface area contributed by atoms with Crippen molar-refractivity contribution in [2.24, 2.45) is 0 Å². The Balaban J connectivity index is 2.58. The Hall–Kier alpha value is -1.68. The highest BCUT2D eigenvalue weighted by atomic mass is 16.3. The Morgan fingerprint density at radius 2 is 2.21 bits per heavy atom. The quantitative estimate of drug-likeness (QED) is 0.697. The summed E-state index contributed by atoms with van der Waals surface area (Å²) in [6.45, 7) is 1.44. The Morgan fingerprint density at radius 1 is 1.50 bits per heavy atom. The summed E-state index contributed by atoms with van der Waals surface area (Å²) >= 11 is 0. The summed E-state index contributed by atoms with van der Waals surface area (Å²) in [6, 6.07) is 7.32. The molecule has 0 fully saturated rings. The molecule has 72 valence electrons. The first-order chi connectivity index (χ1) is 6.70. The molecule has 2 rings (SSSR count). The molecule has 1 unspecified atom stereocenters. The highest BCUT2D eigenvalue weighted by Crippen LogP contribution is 2.16. The van der Waals surface area contributed by atoms with Gasteiger partial charge in [-0.2, -0.15) is 5.10 Å². The van der Waals surface area contributed by atoms with Crippen LogP contribution in [-0.4, -0.2) is 27.2 Å². The molecule has 4 heteroatoms. The third-order valence-electron chi connectivity index (χ3n) is 2.08. The number of nitrogens with zero attached hydrogens (tertiary/aromatic N) is 1. The van der Waals surface area contributed by atoms with E-state index in [0.717, 1.165) is 10.9 Å². The molecule has 0 spiro atoms. The number of hydrogen-bond donors (Lipinski definition) is 2. The zero-order valence-corrected chi connectivity index (χ0v) is 7.69. The van der Waals surface area contributed by atoms with E-state index >= 15 is 0 Å². The summed E-state index contributed by atoms with van der Waals surface area (Å²) in [5.74, 6) is -0.359. The summed E-state index contributed by atoms with van der Waals surface area (Å²) in [4.78, 5) is 11.5. The molecule has 0 amide bonds. The van der Waals surface area contributed by atoms with Crippen LogP contribution in [0.5, 0.6) is 0 Å². The molecule has 1 atom stereocenters. The third-order valence-corrected chi connectivity index (χ3v) is 2.08. The van der Waals surface area contributed by atoms with Gasteiger partial charge in [-0.15, -0.1) is 0 Å². The van der Waals surface area contributed by atoms with Gasteiger partial charge >= 0.3 is 0 Å². The molecular formula is C10H10N2O2. The number of carbonyl (C=O) groups excluding carboxylic acids is 1. The average Bonchev–Trinajstić information content (AvgIpc) is 2.60. The van der Waals surface area contributed by atoms with Gasteiger partial charge in [0.2, 0.25) is 5.78 Å². The van der Waals surface area contributed by atoms with Crippen molar-refractivity contribution in [1.82, 2.24) is 10.2 Å². The summed E-state index contributed by atoms with van der Waals surface area (Å²) in [5, 5.41) is 16.5. The average molecular weight is 190 g/mol. The van der Waals surface area contributed by atoms with E-state index in [9.17, 15) is 4.79 Å². The van der Waals surface area contributed by atoms with Crippen LogP contribution in [0.2, 0.25) is 0 Å². The van der Waals surface area contributed by atoms with Crippen molar-refractivity contribution in [2.45, 2.75) is 13.0 Å². The molecule has 0 saturated heterocycles. The fraction of sp³-hybridized carbons (Fsp3) is 0.200. The topological polar surface area (TPSA) is 66.0 Å². The molecular weight excluding hydrogens is 180 g/mol. The Bertz CT molecular complexity index is 474.